The number of aromatic nitrogens is 4. The second-order valence-corrected chi connectivity index (χ2v) is 11.7. The number of nitrogens with zero attached hydrogens (tertiary/aromatic N) is 6. The lowest BCUT2D eigenvalue weighted by Gasteiger charge is -2.17. The molecule has 0 saturated carbocycles. The van der Waals surface area contributed by atoms with Crippen molar-refractivity contribution in [2.75, 3.05) is 24.1 Å². The Morgan fingerprint density at radius 1 is 1.12 bits per heavy atom. The average Bonchev–Trinajstić information content (AvgIpc) is 3.70. The van der Waals surface area contributed by atoms with Crippen LogP contribution in [0.4, 0.5) is 26.0 Å². The third-order valence-electron chi connectivity index (χ3n) is 8.44. The minimum absolute atomic E-state index is 0.134. The second kappa shape index (κ2) is 12.4. The first-order chi connectivity index (χ1) is 23.2. The Bertz CT molecular complexity index is 2270. The zero-order valence-corrected chi connectivity index (χ0v) is 25.6. The molecule has 1 fully saturated rings. The number of aldehydes is 1. The first kappa shape index (κ1) is 30.8. The molecule has 3 aromatic heterocycles. The molecule has 0 aliphatic carbocycles. The quantitative estimate of drug-likeness (QED) is 0.125. The second-order valence-electron chi connectivity index (χ2n) is 11.7. The molecule has 7 rings (SSSR count). The third kappa shape index (κ3) is 5.68. The highest BCUT2D eigenvalue weighted by molar-refractivity contribution is 5.94. The normalized spacial score (nSPS) is 15.0. The van der Waals surface area contributed by atoms with Gasteiger partial charge in [0.05, 0.1) is 28.4 Å². The van der Waals surface area contributed by atoms with Crippen molar-refractivity contribution >= 4 is 45.6 Å². The fourth-order valence-electron chi connectivity index (χ4n) is 6.06. The monoisotopic (exact) mass is 646 g/mol. The molecule has 1 atom stereocenters. The Morgan fingerprint density at radius 2 is 1.92 bits per heavy atom. The van der Waals surface area contributed by atoms with Crippen LogP contribution in [0.3, 0.4) is 0 Å². The molecule has 4 N–H and O–H groups in total. The third-order valence-corrected chi connectivity index (χ3v) is 8.44. The molecule has 0 unspecified atom stereocenters. The van der Waals surface area contributed by atoms with Gasteiger partial charge in [-0.1, -0.05) is 24.3 Å². The number of β-amino-alcohol motifs (C(OH)–C–C–N with tert-alkyl or cyclic N) is 1. The summed E-state index contributed by atoms with van der Waals surface area (Å²) in [5, 5.41) is 22.7. The lowest BCUT2D eigenvalue weighted by Crippen LogP contribution is -2.21. The zero-order valence-electron chi connectivity index (χ0n) is 25.6. The van der Waals surface area contributed by atoms with Crippen LogP contribution in [0.5, 0.6) is 0 Å². The van der Waals surface area contributed by atoms with Gasteiger partial charge in [-0.2, -0.15) is 5.26 Å². The van der Waals surface area contributed by atoms with Gasteiger partial charge in [0.15, 0.2) is 17.2 Å². The van der Waals surface area contributed by atoms with Gasteiger partial charge < -0.3 is 20.6 Å². The zero-order chi connectivity index (χ0) is 33.5. The summed E-state index contributed by atoms with van der Waals surface area (Å²) >= 11 is 0. The van der Waals surface area contributed by atoms with Crippen LogP contribution in [0.2, 0.25) is 0 Å². The summed E-state index contributed by atoms with van der Waals surface area (Å²) in [6.45, 7) is 3.66. The lowest BCUT2D eigenvalue weighted by atomic mass is 9.95. The fourth-order valence-corrected chi connectivity index (χ4v) is 6.06. The first-order valence-corrected chi connectivity index (χ1v) is 15.1. The number of pyridine rings is 1. The number of hydrogen-bond acceptors (Lipinski definition) is 11. The van der Waals surface area contributed by atoms with Crippen molar-refractivity contribution in [3.8, 4) is 28.7 Å². The number of likely N-dealkylation sites (tertiary alicyclic amines) is 1. The molecule has 1 saturated heterocycles. The Morgan fingerprint density at radius 3 is 2.67 bits per heavy atom. The number of anilines is 3. The molecule has 11 nitrogen and oxygen atoms in total. The molecule has 1 aliphatic heterocycles. The smallest absolute Gasteiger partial charge is 0.297 e. The number of aliphatic hydroxyl groups excluding tert-OH is 1. The highest BCUT2D eigenvalue weighted by Gasteiger charge is 2.23. The van der Waals surface area contributed by atoms with Crippen LogP contribution in [0.15, 0.2) is 65.2 Å². The number of nitrogens with two attached hydrogens (primary N) is 1. The van der Waals surface area contributed by atoms with E-state index < -0.39 is 12.2 Å². The number of rotatable bonds is 8. The molecule has 4 heterocycles. The fraction of sp³-hybridized carbons (Fsp3) is 0.200. The van der Waals surface area contributed by atoms with E-state index in [1.165, 1.54) is 6.07 Å². The highest BCUT2D eigenvalue weighted by atomic mass is 19.3. The molecule has 0 radical (unpaired) electrons. The molecular weight excluding hydrogens is 618 g/mol. The van der Waals surface area contributed by atoms with Gasteiger partial charge in [0, 0.05) is 42.6 Å². The Kier molecular flexibility index (Phi) is 7.96. The summed E-state index contributed by atoms with van der Waals surface area (Å²) in [4.78, 5) is 30.8. The van der Waals surface area contributed by atoms with E-state index in [4.69, 9.17) is 10.2 Å². The van der Waals surface area contributed by atoms with Gasteiger partial charge in [-0.15, -0.1) is 0 Å². The number of alkyl halides is 2. The summed E-state index contributed by atoms with van der Waals surface area (Å²) in [7, 11) is 0. The van der Waals surface area contributed by atoms with Crippen molar-refractivity contribution in [2.24, 2.45) is 0 Å². The van der Waals surface area contributed by atoms with Crippen molar-refractivity contribution in [1.29, 1.82) is 5.26 Å². The van der Waals surface area contributed by atoms with Crippen LogP contribution < -0.4 is 11.1 Å². The lowest BCUT2D eigenvalue weighted by molar-refractivity contribution is 0.112. The van der Waals surface area contributed by atoms with Crippen molar-refractivity contribution in [1.82, 2.24) is 24.8 Å². The Labute approximate surface area is 272 Å². The van der Waals surface area contributed by atoms with Gasteiger partial charge in [0.25, 0.3) is 6.43 Å². The number of fused-ring (bicyclic) bond motifs is 2. The maximum Gasteiger partial charge on any atom is 0.297 e. The minimum atomic E-state index is -2.90. The van der Waals surface area contributed by atoms with Crippen LogP contribution in [0, 0.1) is 18.3 Å². The van der Waals surface area contributed by atoms with Gasteiger partial charge in [-0.05, 0) is 60.4 Å². The number of hydrogen-bond donors (Lipinski definition) is 3. The van der Waals surface area contributed by atoms with Gasteiger partial charge in [0.1, 0.15) is 23.4 Å². The summed E-state index contributed by atoms with van der Waals surface area (Å²) < 4.78 is 33.9. The number of carbonyl (C=O) groups is 1. The van der Waals surface area contributed by atoms with E-state index in [2.05, 4.69) is 30.2 Å². The number of oxazole rings is 1. The molecule has 0 spiro atoms. The van der Waals surface area contributed by atoms with Crippen LogP contribution in [-0.4, -0.2) is 55.4 Å². The van der Waals surface area contributed by atoms with E-state index in [1.807, 2.05) is 31.2 Å². The van der Waals surface area contributed by atoms with E-state index in [1.54, 1.807) is 36.5 Å². The van der Waals surface area contributed by atoms with Crippen LogP contribution >= 0.6 is 0 Å². The predicted molar refractivity (Wildman–Crippen MR) is 176 cm³/mol. The molecule has 240 valence electrons. The number of nitrogens with one attached hydrogen (secondary N) is 1. The minimum Gasteiger partial charge on any atom is -0.435 e. The summed E-state index contributed by atoms with van der Waals surface area (Å²) in [6.07, 6.45) is -0.282. The largest absolute Gasteiger partial charge is 0.435 e. The maximum absolute atomic E-state index is 14.0. The molecule has 0 bridgehead atoms. The predicted octanol–water partition coefficient (Wildman–Crippen LogP) is 6.32. The van der Waals surface area contributed by atoms with Gasteiger partial charge >= 0.3 is 0 Å². The molecule has 3 aromatic carbocycles. The van der Waals surface area contributed by atoms with Crippen LogP contribution in [-0.2, 0) is 6.54 Å². The standard InChI is InChI=1S/C35H28F2N8O3/c1-18-23(24-5-2-6-25(29(24)39)35-43-28-11-19(17-46)10-21(13-38)31(28)48-35)4-3-7-26(18)41-33-30-27(42-34(44-33)32(36)37)12-20(14-40-30)15-45-9-8-22(47)16-45/h2-7,10-12,14,17,22,32,47H,8-9,15-16,39H2,1H3,(H,41,42,44)/t22-/m1/s1. The molecular formula is C35H28F2N8O3. The summed E-state index contributed by atoms with van der Waals surface area (Å²) in [5.74, 6) is -0.298. The molecule has 0 amide bonds. The maximum atomic E-state index is 14.0. The van der Waals surface area contributed by atoms with E-state index in [9.17, 15) is 23.9 Å². The summed E-state index contributed by atoms with van der Waals surface area (Å²) in [6, 6.07) is 17.6. The highest BCUT2D eigenvalue weighted by Crippen LogP contribution is 2.39. The number of nitriles is 1. The van der Waals surface area contributed by atoms with Crippen LogP contribution in [0.1, 0.15) is 45.7 Å². The molecule has 1 aliphatic rings. The van der Waals surface area contributed by atoms with Gasteiger partial charge in [0.2, 0.25) is 5.89 Å². The van der Waals surface area contributed by atoms with Crippen LogP contribution in [0.25, 0.3) is 44.7 Å². The number of halogens is 2. The van der Waals surface area contributed by atoms with Crippen molar-refractivity contribution in [3.63, 3.8) is 0 Å². The van der Waals surface area contributed by atoms with E-state index in [0.717, 1.165) is 23.2 Å². The Balaban J connectivity index is 1.25. The number of para-hydroxylation sites is 1. The first-order valence-electron chi connectivity index (χ1n) is 15.1. The SMILES string of the molecule is Cc1c(Nc2nc(C(F)F)nc3cc(CN4CC[C@@H](O)C4)cnc23)cccc1-c1cccc(-c2nc3cc(C=O)cc(C#N)c3o2)c1N. The van der Waals surface area contributed by atoms with E-state index in [0.29, 0.717) is 64.9 Å². The topological polar surface area (TPSA) is 167 Å². The number of carbonyl (C=O) groups excluding carboxylic acids is 1. The molecule has 6 aromatic rings. The van der Waals surface area contributed by atoms with Crippen molar-refractivity contribution in [3.05, 3.63) is 88.9 Å². The number of nitrogen functional groups attached to an aromatic ring is 1. The number of aliphatic hydroxyl groups is 1. The van der Waals surface area contributed by atoms with E-state index in [-0.39, 0.29) is 34.5 Å². The molecule has 48 heavy (non-hydrogen) atoms. The van der Waals surface area contributed by atoms with Crippen molar-refractivity contribution < 1.29 is 23.1 Å². The average molecular weight is 647 g/mol. The van der Waals surface area contributed by atoms with Gasteiger partial charge in [-0.25, -0.2) is 23.7 Å². The molecule has 13 heteroatoms. The van der Waals surface area contributed by atoms with Crippen molar-refractivity contribution in [2.45, 2.75) is 32.4 Å². The summed E-state index contributed by atoms with van der Waals surface area (Å²) in [5.41, 5.74) is 12.8. The Hall–Kier alpha value is -5.84. The van der Waals surface area contributed by atoms with E-state index >= 15 is 0 Å². The number of benzene rings is 3. The van der Waals surface area contributed by atoms with Gasteiger partial charge in [-0.3, -0.25) is 14.7 Å².